The molecule has 1 N–H and O–H groups in total. The van der Waals surface area contributed by atoms with Gasteiger partial charge in [0.05, 0.1) is 10.6 Å². The van der Waals surface area contributed by atoms with Gasteiger partial charge in [-0.25, -0.2) is 4.79 Å². The molecule has 0 unspecified atom stereocenters. The van der Waals surface area contributed by atoms with Gasteiger partial charge in [0.2, 0.25) is 0 Å². The van der Waals surface area contributed by atoms with E-state index in [4.69, 9.17) is 16.3 Å². The Labute approximate surface area is 203 Å². The van der Waals surface area contributed by atoms with Crippen LogP contribution in [0.2, 0.25) is 5.02 Å². The number of carbonyl (C=O) groups is 3. The number of amides is 2. The molecular formula is C27H25ClN2O4. The molecule has 6 nitrogen and oxygen atoms in total. The van der Waals surface area contributed by atoms with Crippen LogP contribution in [0.5, 0.6) is 0 Å². The molecule has 7 heteroatoms. The average molecular weight is 477 g/mol. The second-order valence-corrected chi connectivity index (χ2v) is 8.71. The molecule has 174 valence electrons. The number of halogens is 1. The number of rotatable bonds is 5. The van der Waals surface area contributed by atoms with Crippen molar-refractivity contribution < 1.29 is 19.1 Å². The first-order valence-electron chi connectivity index (χ1n) is 11.0. The van der Waals surface area contributed by atoms with Crippen LogP contribution in [0.15, 0.2) is 66.7 Å². The van der Waals surface area contributed by atoms with E-state index in [1.54, 1.807) is 30.3 Å². The second-order valence-electron chi connectivity index (χ2n) is 8.30. The third-order valence-corrected chi connectivity index (χ3v) is 6.44. The van der Waals surface area contributed by atoms with Crippen LogP contribution in [0.1, 0.15) is 32.6 Å². The lowest BCUT2D eigenvalue weighted by atomic mass is 9.93. The van der Waals surface area contributed by atoms with Crippen molar-refractivity contribution in [3.05, 3.63) is 99.6 Å². The summed E-state index contributed by atoms with van der Waals surface area (Å²) in [6.45, 7) is 3.66. The number of hydrogen-bond acceptors (Lipinski definition) is 4. The molecule has 3 aromatic rings. The van der Waals surface area contributed by atoms with Gasteiger partial charge in [-0.15, -0.1) is 0 Å². The summed E-state index contributed by atoms with van der Waals surface area (Å²) in [4.78, 5) is 40.4. The first-order valence-corrected chi connectivity index (χ1v) is 11.4. The summed E-state index contributed by atoms with van der Waals surface area (Å²) in [7, 11) is 0. The molecule has 34 heavy (non-hydrogen) atoms. The standard InChI is InChI=1S/C27H25ClN2O4/c1-17-8-7-13-23(18(17)2)29-25(31)16-34-27(33)24-14-19-9-3-4-10-20(19)15-30(24)26(32)21-11-5-6-12-22(21)28/h3-13,24H,14-16H2,1-2H3,(H,29,31)/t24-/m0/s1. The summed E-state index contributed by atoms with van der Waals surface area (Å²) in [6, 6.07) is 19.1. The van der Waals surface area contributed by atoms with Gasteiger partial charge in [0.15, 0.2) is 6.61 Å². The Morgan fingerprint density at radius 3 is 2.44 bits per heavy atom. The highest BCUT2D eigenvalue weighted by Crippen LogP contribution is 2.27. The number of aryl methyl sites for hydroxylation is 1. The Bertz CT molecular complexity index is 1260. The molecule has 0 aromatic heterocycles. The maximum atomic E-state index is 13.3. The average Bonchev–Trinajstić information content (AvgIpc) is 2.84. The molecule has 0 fully saturated rings. The second kappa shape index (κ2) is 10.1. The van der Waals surface area contributed by atoms with E-state index in [0.717, 1.165) is 22.3 Å². The summed E-state index contributed by atoms with van der Waals surface area (Å²) >= 11 is 6.25. The van der Waals surface area contributed by atoms with Gasteiger partial charge >= 0.3 is 5.97 Å². The first-order chi connectivity index (χ1) is 16.3. The summed E-state index contributed by atoms with van der Waals surface area (Å²) < 4.78 is 5.37. The van der Waals surface area contributed by atoms with Gasteiger partial charge < -0.3 is 15.0 Å². The topological polar surface area (TPSA) is 75.7 Å². The maximum absolute atomic E-state index is 13.3. The minimum atomic E-state index is -0.868. The highest BCUT2D eigenvalue weighted by Gasteiger charge is 2.36. The molecule has 0 saturated carbocycles. The Balaban J connectivity index is 1.50. The molecule has 1 aliphatic rings. The number of fused-ring (bicyclic) bond motifs is 1. The van der Waals surface area contributed by atoms with Crippen LogP contribution in [-0.2, 0) is 27.3 Å². The van der Waals surface area contributed by atoms with Crippen molar-refractivity contribution in [1.82, 2.24) is 4.90 Å². The number of hydrogen-bond donors (Lipinski definition) is 1. The lowest BCUT2D eigenvalue weighted by molar-refractivity contribution is -0.152. The van der Waals surface area contributed by atoms with Gasteiger partial charge in [-0.1, -0.05) is 60.1 Å². The predicted octanol–water partition coefficient (Wildman–Crippen LogP) is 4.71. The largest absolute Gasteiger partial charge is 0.454 e. The van der Waals surface area contributed by atoms with E-state index < -0.39 is 24.5 Å². The van der Waals surface area contributed by atoms with E-state index in [9.17, 15) is 14.4 Å². The number of carbonyl (C=O) groups excluding carboxylic acids is 3. The fourth-order valence-corrected chi connectivity index (χ4v) is 4.26. The van der Waals surface area contributed by atoms with E-state index in [1.165, 1.54) is 4.90 Å². The maximum Gasteiger partial charge on any atom is 0.329 e. The monoisotopic (exact) mass is 476 g/mol. The molecule has 1 heterocycles. The predicted molar refractivity (Wildman–Crippen MR) is 131 cm³/mol. The minimum absolute atomic E-state index is 0.245. The zero-order valence-corrected chi connectivity index (χ0v) is 19.8. The lowest BCUT2D eigenvalue weighted by Gasteiger charge is -2.35. The summed E-state index contributed by atoms with van der Waals surface area (Å²) in [5.74, 6) is -1.44. The zero-order chi connectivity index (χ0) is 24.2. The number of nitrogens with zero attached hydrogens (tertiary/aromatic N) is 1. The smallest absolute Gasteiger partial charge is 0.329 e. The van der Waals surface area contributed by atoms with Crippen molar-refractivity contribution in [3.8, 4) is 0 Å². The van der Waals surface area contributed by atoms with Gasteiger partial charge in [-0.2, -0.15) is 0 Å². The lowest BCUT2D eigenvalue weighted by Crippen LogP contribution is -2.49. The first kappa shape index (κ1) is 23.5. The number of esters is 1. The van der Waals surface area contributed by atoms with Crippen molar-refractivity contribution in [2.75, 3.05) is 11.9 Å². The number of ether oxygens (including phenoxy) is 1. The summed E-state index contributed by atoms with van der Waals surface area (Å²) in [6.07, 6.45) is 0.295. The Hall–Kier alpha value is -3.64. The molecule has 0 aliphatic carbocycles. The van der Waals surface area contributed by atoms with Crippen LogP contribution in [0.4, 0.5) is 5.69 Å². The van der Waals surface area contributed by atoms with Crippen LogP contribution in [0.25, 0.3) is 0 Å². The van der Waals surface area contributed by atoms with Crippen molar-refractivity contribution in [2.45, 2.75) is 32.9 Å². The van der Waals surface area contributed by atoms with E-state index >= 15 is 0 Å². The highest BCUT2D eigenvalue weighted by molar-refractivity contribution is 6.33. The quantitative estimate of drug-likeness (QED) is 0.541. The van der Waals surface area contributed by atoms with Gasteiger partial charge in [0.25, 0.3) is 11.8 Å². The molecule has 0 spiro atoms. The molecule has 1 aliphatic heterocycles. The summed E-state index contributed by atoms with van der Waals surface area (Å²) in [5, 5.41) is 3.09. The molecular weight excluding hydrogens is 452 g/mol. The summed E-state index contributed by atoms with van der Waals surface area (Å²) in [5.41, 5.74) is 4.90. The SMILES string of the molecule is Cc1cccc(NC(=O)COC(=O)[C@@H]2Cc3ccccc3CN2C(=O)c2ccccc2Cl)c1C. The van der Waals surface area contributed by atoms with E-state index in [2.05, 4.69) is 5.32 Å². The molecule has 0 bridgehead atoms. The molecule has 2 amide bonds. The number of anilines is 1. The van der Waals surface area contributed by atoms with Crippen molar-refractivity contribution in [1.29, 1.82) is 0 Å². The Morgan fingerprint density at radius 2 is 1.68 bits per heavy atom. The molecule has 4 rings (SSSR count). The number of nitrogens with one attached hydrogen (secondary N) is 1. The third kappa shape index (κ3) is 4.97. The van der Waals surface area contributed by atoms with E-state index in [0.29, 0.717) is 22.7 Å². The molecule has 1 atom stereocenters. The fraction of sp³-hybridized carbons (Fsp3) is 0.222. The Morgan fingerprint density at radius 1 is 0.971 bits per heavy atom. The van der Waals surface area contributed by atoms with Gasteiger partial charge in [0.1, 0.15) is 6.04 Å². The minimum Gasteiger partial charge on any atom is -0.454 e. The molecule has 0 radical (unpaired) electrons. The van der Waals surface area contributed by atoms with Gasteiger partial charge in [-0.05, 0) is 54.3 Å². The van der Waals surface area contributed by atoms with E-state index in [1.807, 2.05) is 50.2 Å². The van der Waals surface area contributed by atoms with Crippen LogP contribution in [-0.4, -0.2) is 35.3 Å². The Kier molecular flexibility index (Phi) is 6.98. The third-order valence-electron chi connectivity index (χ3n) is 6.11. The van der Waals surface area contributed by atoms with Crippen LogP contribution < -0.4 is 5.32 Å². The van der Waals surface area contributed by atoms with Crippen molar-refractivity contribution in [2.24, 2.45) is 0 Å². The van der Waals surface area contributed by atoms with Gasteiger partial charge in [-0.3, -0.25) is 9.59 Å². The normalized spacial score (nSPS) is 14.8. The fourth-order valence-electron chi connectivity index (χ4n) is 4.04. The van der Waals surface area contributed by atoms with Crippen molar-refractivity contribution in [3.63, 3.8) is 0 Å². The van der Waals surface area contributed by atoms with Crippen LogP contribution >= 0.6 is 11.6 Å². The van der Waals surface area contributed by atoms with E-state index in [-0.39, 0.29) is 12.5 Å². The molecule has 3 aromatic carbocycles. The number of benzene rings is 3. The highest BCUT2D eigenvalue weighted by atomic mass is 35.5. The van der Waals surface area contributed by atoms with Crippen LogP contribution in [0.3, 0.4) is 0 Å². The van der Waals surface area contributed by atoms with Gasteiger partial charge in [0, 0.05) is 18.7 Å². The van der Waals surface area contributed by atoms with Crippen LogP contribution in [0, 0.1) is 13.8 Å². The zero-order valence-electron chi connectivity index (χ0n) is 19.0. The molecule has 0 saturated heterocycles. The van der Waals surface area contributed by atoms with Crippen molar-refractivity contribution >= 4 is 35.1 Å².